The van der Waals surface area contributed by atoms with Gasteiger partial charge in [-0.15, -0.1) is 0 Å². The minimum atomic E-state index is 0.522. The van der Waals surface area contributed by atoms with Crippen LogP contribution in [0.15, 0.2) is 40.9 Å². The van der Waals surface area contributed by atoms with Crippen LogP contribution in [0.5, 0.6) is 0 Å². The summed E-state index contributed by atoms with van der Waals surface area (Å²) in [5.41, 5.74) is 3.92. The number of halogens is 4. The maximum absolute atomic E-state index is 6.10. The second-order valence-electron chi connectivity index (χ2n) is 5.20. The molecule has 0 bridgehead atoms. The van der Waals surface area contributed by atoms with Crippen LogP contribution in [-0.2, 0) is 6.42 Å². The molecule has 3 aromatic rings. The Balaban J connectivity index is 1.93. The van der Waals surface area contributed by atoms with Crippen LogP contribution in [0.2, 0.25) is 15.1 Å². The summed E-state index contributed by atoms with van der Waals surface area (Å²) in [6.07, 6.45) is 0.680. The number of hydrogen-bond acceptors (Lipinski definition) is 1. The fourth-order valence-corrected chi connectivity index (χ4v) is 3.50. The first-order valence-electron chi connectivity index (χ1n) is 6.89. The first-order valence-corrected chi connectivity index (χ1v) is 8.81. The van der Waals surface area contributed by atoms with Gasteiger partial charge in [-0.3, -0.25) is 0 Å². The zero-order valence-electron chi connectivity index (χ0n) is 12.1. The van der Waals surface area contributed by atoms with Gasteiger partial charge in [0.1, 0.15) is 5.82 Å². The van der Waals surface area contributed by atoms with Crippen molar-refractivity contribution in [1.82, 2.24) is 9.97 Å². The lowest BCUT2D eigenvalue weighted by Gasteiger charge is -2.03. The zero-order chi connectivity index (χ0) is 16.6. The molecule has 2 aromatic carbocycles. The van der Waals surface area contributed by atoms with Crippen molar-refractivity contribution in [3.8, 4) is 11.3 Å². The molecule has 0 atom stereocenters. The molecule has 0 unspecified atom stereocenters. The molecule has 0 fully saturated rings. The van der Waals surface area contributed by atoms with Crippen molar-refractivity contribution < 1.29 is 0 Å². The Morgan fingerprint density at radius 3 is 2.52 bits per heavy atom. The van der Waals surface area contributed by atoms with Crippen LogP contribution in [0.1, 0.15) is 17.1 Å². The Bertz CT molecular complexity index is 874. The van der Waals surface area contributed by atoms with Gasteiger partial charge in [0.2, 0.25) is 0 Å². The molecule has 1 N–H and O–H groups in total. The zero-order valence-corrected chi connectivity index (χ0v) is 16.0. The number of nitrogens with zero attached hydrogens (tertiary/aromatic N) is 1. The highest BCUT2D eigenvalue weighted by molar-refractivity contribution is 9.10. The Kier molecular flexibility index (Phi) is 5.02. The SMILES string of the molecule is Cc1[nH]c(Cc2ccc(Cl)cc2Br)nc1-c1ccc(Cl)c(Cl)c1. The van der Waals surface area contributed by atoms with Gasteiger partial charge in [-0.2, -0.15) is 0 Å². The number of imidazole rings is 1. The minimum Gasteiger partial charge on any atom is -0.345 e. The summed E-state index contributed by atoms with van der Waals surface area (Å²) in [7, 11) is 0. The Labute approximate surface area is 157 Å². The van der Waals surface area contributed by atoms with Gasteiger partial charge in [0.05, 0.1) is 15.7 Å². The van der Waals surface area contributed by atoms with E-state index in [2.05, 4.69) is 20.9 Å². The second-order valence-corrected chi connectivity index (χ2v) is 7.30. The fourth-order valence-electron chi connectivity index (χ4n) is 2.38. The van der Waals surface area contributed by atoms with Crippen LogP contribution in [0.25, 0.3) is 11.3 Å². The van der Waals surface area contributed by atoms with Gasteiger partial charge in [-0.25, -0.2) is 4.98 Å². The van der Waals surface area contributed by atoms with Crippen LogP contribution in [0.3, 0.4) is 0 Å². The van der Waals surface area contributed by atoms with Gasteiger partial charge in [0.15, 0.2) is 0 Å². The van der Waals surface area contributed by atoms with E-state index < -0.39 is 0 Å². The van der Waals surface area contributed by atoms with E-state index in [1.165, 1.54) is 0 Å². The van der Waals surface area contributed by atoms with Crippen LogP contribution in [-0.4, -0.2) is 9.97 Å². The topological polar surface area (TPSA) is 28.7 Å². The molecule has 2 nitrogen and oxygen atoms in total. The molecule has 3 rings (SSSR count). The first kappa shape index (κ1) is 16.8. The Morgan fingerprint density at radius 1 is 1.04 bits per heavy atom. The molecule has 1 heterocycles. The van der Waals surface area contributed by atoms with Gasteiger partial charge < -0.3 is 4.98 Å². The van der Waals surface area contributed by atoms with Gasteiger partial charge in [-0.1, -0.05) is 62.9 Å². The van der Waals surface area contributed by atoms with E-state index in [-0.39, 0.29) is 0 Å². The Morgan fingerprint density at radius 2 is 1.83 bits per heavy atom. The van der Waals surface area contributed by atoms with Crippen LogP contribution in [0, 0.1) is 6.92 Å². The van der Waals surface area contributed by atoms with E-state index in [0.29, 0.717) is 21.5 Å². The quantitative estimate of drug-likeness (QED) is 0.492. The van der Waals surface area contributed by atoms with Gasteiger partial charge in [0, 0.05) is 27.2 Å². The summed E-state index contributed by atoms with van der Waals surface area (Å²) in [5, 5.41) is 1.76. The maximum atomic E-state index is 6.10. The number of aryl methyl sites for hydroxylation is 1. The summed E-state index contributed by atoms with van der Waals surface area (Å²) >= 11 is 21.6. The smallest absolute Gasteiger partial charge is 0.111 e. The molecule has 0 radical (unpaired) electrons. The summed E-state index contributed by atoms with van der Waals surface area (Å²) < 4.78 is 0.968. The Hall–Kier alpha value is -1.000. The lowest BCUT2D eigenvalue weighted by Crippen LogP contribution is -1.92. The average molecular weight is 431 g/mol. The molecule has 0 saturated heterocycles. The second kappa shape index (κ2) is 6.86. The van der Waals surface area contributed by atoms with Crippen molar-refractivity contribution in [2.24, 2.45) is 0 Å². The molecule has 0 aliphatic heterocycles. The van der Waals surface area contributed by atoms with E-state index in [1.54, 1.807) is 6.07 Å². The average Bonchev–Trinajstić information content (AvgIpc) is 2.86. The fraction of sp³-hybridized carbons (Fsp3) is 0.118. The van der Waals surface area contributed by atoms with E-state index in [4.69, 9.17) is 39.8 Å². The van der Waals surface area contributed by atoms with E-state index >= 15 is 0 Å². The van der Waals surface area contributed by atoms with E-state index in [9.17, 15) is 0 Å². The standard InChI is InChI=1S/C17H12BrCl3N2/c1-9-17(11-3-5-14(20)15(21)6-11)23-16(22-9)7-10-2-4-12(19)8-13(10)18/h2-6,8H,7H2,1H3,(H,22,23). The van der Waals surface area contributed by atoms with Crippen molar-refractivity contribution in [3.63, 3.8) is 0 Å². The summed E-state index contributed by atoms with van der Waals surface area (Å²) in [4.78, 5) is 8.03. The molecule has 0 amide bonds. The molecule has 0 aliphatic rings. The molecule has 118 valence electrons. The third-order valence-corrected chi connectivity index (χ3v) is 5.21. The maximum Gasteiger partial charge on any atom is 0.111 e. The van der Waals surface area contributed by atoms with Crippen molar-refractivity contribution in [2.45, 2.75) is 13.3 Å². The van der Waals surface area contributed by atoms with Crippen molar-refractivity contribution in [1.29, 1.82) is 0 Å². The molecule has 1 aromatic heterocycles. The summed E-state index contributed by atoms with van der Waals surface area (Å²) in [5.74, 6) is 0.881. The number of nitrogens with one attached hydrogen (secondary N) is 1. The van der Waals surface area contributed by atoms with Gasteiger partial charge in [-0.05, 0) is 36.8 Å². The predicted octanol–water partition coefficient (Wildman–Crippen LogP) is 6.70. The summed E-state index contributed by atoms with van der Waals surface area (Å²) in [6.45, 7) is 1.99. The first-order chi connectivity index (χ1) is 10.9. The highest BCUT2D eigenvalue weighted by atomic mass is 79.9. The normalized spacial score (nSPS) is 11.0. The molecule has 6 heteroatoms. The van der Waals surface area contributed by atoms with Crippen LogP contribution in [0.4, 0.5) is 0 Å². The van der Waals surface area contributed by atoms with Gasteiger partial charge in [0.25, 0.3) is 0 Å². The lowest BCUT2D eigenvalue weighted by atomic mass is 10.1. The van der Waals surface area contributed by atoms with Crippen LogP contribution < -0.4 is 0 Å². The van der Waals surface area contributed by atoms with Crippen molar-refractivity contribution in [2.75, 3.05) is 0 Å². The van der Waals surface area contributed by atoms with Crippen LogP contribution >= 0.6 is 50.7 Å². The highest BCUT2D eigenvalue weighted by Crippen LogP contribution is 2.30. The number of benzene rings is 2. The third kappa shape index (κ3) is 3.74. The molecule has 0 aliphatic carbocycles. The number of H-pyrrole nitrogens is 1. The van der Waals surface area contributed by atoms with Crippen molar-refractivity contribution in [3.05, 3.63) is 73.0 Å². The third-order valence-electron chi connectivity index (χ3n) is 3.50. The lowest BCUT2D eigenvalue weighted by molar-refractivity contribution is 1.01. The summed E-state index contributed by atoms with van der Waals surface area (Å²) in [6, 6.07) is 11.3. The number of aromatic nitrogens is 2. The monoisotopic (exact) mass is 428 g/mol. The number of rotatable bonds is 3. The minimum absolute atomic E-state index is 0.522. The molecular weight excluding hydrogens is 418 g/mol. The number of aromatic amines is 1. The predicted molar refractivity (Wildman–Crippen MR) is 101 cm³/mol. The largest absolute Gasteiger partial charge is 0.345 e. The van der Waals surface area contributed by atoms with Crippen molar-refractivity contribution >= 4 is 50.7 Å². The molecule has 23 heavy (non-hydrogen) atoms. The highest BCUT2D eigenvalue weighted by Gasteiger charge is 2.12. The molecule has 0 saturated carbocycles. The van der Waals surface area contributed by atoms with Gasteiger partial charge >= 0.3 is 0 Å². The molecule has 0 spiro atoms. The molecular formula is C17H12BrCl3N2. The van der Waals surface area contributed by atoms with E-state index in [0.717, 1.165) is 32.8 Å². The van der Waals surface area contributed by atoms with E-state index in [1.807, 2.05) is 37.3 Å². The number of hydrogen-bond donors (Lipinski definition) is 1.